The van der Waals surface area contributed by atoms with Crippen LogP contribution in [0.25, 0.3) is 0 Å². The van der Waals surface area contributed by atoms with Crippen molar-refractivity contribution in [2.45, 2.75) is 13.1 Å². The van der Waals surface area contributed by atoms with Crippen LogP contribution in [-0.2, 0) is 17.9 Å². The van der Waals surface area contributed by atoms with E-state index in [4.69, 9.17) is 0 Å². The Balaban J connectivity index is 1.96. The summed E-state index contributed by atoms with van der Waals surface area (Å²) in [5, 5.41) is 10.1. The molecule has 1 aromatic carbocycles. The molecule has 0 saturated heterocycles. The summed E-state index contributed by atoms with van der Waals surface area (Å²) in [4.78, 5) is 25.0. The first-order valence-electron chi connectivity index (χ1n) is 6.68. The van der Waals surface area contributed by atoms with Crippen LogP contribution in [0.4, 0.5) is 4.39 Å². The summed E-state index contributed by atoms with van der Waals surface area (Å²) in [6.45, 7) is 0.156. The van der Waals surface area contributed by atoms with Gasteiger partial charge in [0.1, 0.15) is 12.4 Å². The minimum atomic E-state index is -0.450. The van der Waals surface area contributed by atoms with Crippen LogP contribution in [0.1, 0.15) is 16.1 Å². The second-order valence-corrected chi connectivity index (χ2v) is 5.97. The molecule has 1 N–H and O–H groups in total. The molecular formula is C14H15BrFN5O2. The molecule has 7 nitrogen and oxygen atoms in total. The number of nitrogens with one attached hydrogen (secondary N) is 1. The van der Waals surface area contributed by atoms with Gasteiger partial charge in [0.05, 0.1) is 6.20 Å². The van der Waals surface area contributed by atoms with Gasteiger partial charge in [-0.05, 0) is 23.8 Å². The molecule has 2 amide bonds. The van der Waals surface area contributed by atoms with Gasteiger partial charge in [-0.1, -0.05) is 21.1 Å². The van der Waals surface area contributed by atoms with Crippen molar-refractivity contribution >= 4 is 27.7 Å². The van der Waals surface area contributed by atoms with E-state index in [-0.39, 0.29) is 24.7 Å². The monoisotopic (exact) mass is 383 g/mol. The summed E-state index contributed by atoms with van der Waals surface area (Å²) in [6, 6.07) is 4.37. The lowest BCUT2D eigenvalue weighted by molar-refractivity contribution is -0.129. The summed E-state index contributed by atoms with van der Waals surface area (Å²) >= 11 is 3.19. The minimum Gasteiger partial charge on any atom is -0.347 e. The predicted octanol–water partition coefficient (Wildman–Crippen LogP) is 1.20. The van der Waals surface area contributed by atoms with E-state index in [0.717, 1.165) is 0 Å². The highest BCUT2D eigenvalue weighted by molar-refractivity contribution is 9.10. The Labute approximate surface area is 140 Å². The number of carbonyl (C=O) groups is 2. The molecule has 0 saturated carbocycles. The molecule has 122 valence electrons. The summed E-state index contributed by atoms with van der Waals surface area (Å²) in [7, 11) is 3.26. The standard InChI is InChI=1S/C14H15BrFN5O2/c1-20(2)13(22)8-21-7-12(18-19-21)14(23)17-6-9-3-10(15)5-11(16)4-9/h3-5,7H,6,8H2,1-2H3,(H,17,23). The second kappa shape index (κ2) is 7.32. The highest BCUT2D eigenvalue weighted by Crippen LogP contribution is 2.14. The van der Waals surface area contributed by atoms with Gasteiger partial charge in [0, 0.05) is 25.1 Å². The molecule has 0 radical (unpaired) electrons. The lowest BCUT2D eigenvalue weighted by Crippen LogP contribution is -2.26. The smallest absolute Gasteiger partial charge is 0.273 e. The van der Waals surface area contributed by atoms with Crippen molar-refractivity contribution in [3.63, 3.8) is 0 Å². The molecule has 0 aliphatic rings. The fourth-order valence-corrected chi connectivity index (χ4v) is 2.26. The van der Waals surface area contributed by atoms with Crippen LogP contribution < -0.4 is 5.32 Å². The number of rotatable bonds is 5. The van der Waals surface area contributed by atoms with Crippen LogP contribution in [0.3, 0.4) is 0 Å². The van der Waals surface area contributed by atoms with Crippen LogP contribution >= 0.6 is 15.9 Å². The zero-order valence-corrected chi connectivity index (χ0v) is 14.2. The van der Waals surface area contributed by atoms with E-state index in [9.17, 15) is 14.0 Å². The van der Waals surface area contributed by atoms with Gasteiger partial charge in [0.2, 0.25) is 5.91 Å². The summed E-state index contributed by atoms with van der Waals surface area (Å²) in [5.74, 6) is -1.00. The van der Waals surface area contributed by atoms with Crippen molar-refractivity contribution < 1.29 is 14.0 Å². The van der Waals surface area contributed by atoms with E-state index in [1.165, 1.54) is 27.9 Å². The van der Waals surface area contributed by atoms with Crippen LogP contribution in [0.5, 0.6) is 0 Å². The first-order chi connectivity index (χ1) is 10.8. The number of carbonyl (C=O) groups excluding carboxylic acids is 2. The topological polar surface area (TPSA) is 80.1 Å². The van der Waals surface area contributed by atoms with E-state index in [1.807, 2.05) is 0 Å². The Kier molecular flexibility index (Phi) is 5.43. The molecule has 0 spiro atoms. The number of nitrogens with zero attached hydrogens (tertiary/aromatic N) is 4. The van der Waals surface area contributed by atoms with Crippen molar-refractivity contribution in [1.82, 2.24) is 25.2 Å². The van der Waals surface area contributed by atoms with Crippen LogP contribution in [0.15, 0.2) is 28.9 Å². The first-order valence-corrected chi connectivity index (χ1v) is 7.48. The summed E-state index contributed by atoms with van der Waals surface area (Å²) in [6.07, 6.45) is 1.39. The van der Waals surface area contributed by atoms with Crippen molar-refractivity contribution in [3.05, 3.63) is 45.9 Å². The van der Waals surface area contributed by atoms with E-state index in [0.29, 0.717) is 10.0 Å². The lowest BCUT2D eigenvalue weighted by atomic mass is 10.2. The highest BCUT2D eigenvalue weighted by atomic mass is 79.9. The quantitative estimate of drug-likeness (QED) is 0.840. The third-order valence-electron chi connectivity index (χ3n) is 2.94. The van der Waals surface area contributed by atoms with Crippen molar-refractivity contribution in [3.8, 4) is 0 Å². The molecule has 0 atom stereocenters. The van der Waals surface area contributed by atoms with Gasteiger partial charge in [0.15, 0.2) is 5.69 Å². The second-order valence-electron chi connectivity index (χ2n) is 5.05. The van der Waals surface area contributed by atoms with E-state index >= 15 is 0 Å². The number of amides is 2. The zero-order chi connectivity index (χ0) is 17.0. The molecule has 2 aromatic rings. The number of halogens is 2. The van der Waals surface area contributed by atoms with Crippen LogP contribution in [0.2, 0.25) is 0 Å². The molecule has 0 unspecified atom stereocenters. The number of hydrogen-bond acceptors (Lipinski definition) is 4. The van der Waals surface area contributed by atoms with Gasteiger partial charge in [0.25, 0.3) is 5.91 Å². The molecule has 0 bridgehead atoms. The Bertz CT molecular complexity index is 711. The van der Waals surface area contributed by atoms with Crippen LogP contribution in [-0.4, -0.2) is 45.8 Å². The molecule has 0 fully saturated rings. The molecule has 23 heavy (non-hydrogen) atoms. The highest BCUT2D eigenvalue weighted by Gasteiger charge is 2.13. The van der Waals surface area contributed by atoms with Gasteiger partial charge >= 0.3 is 0 Å². The SMILES string of the molecule is CN(C)C(=O)Cn1cc(C(=O)NCc2cc(F)cc(Br)c2)nn1. The fourth-order valence-electron chi connectivity index (χ4n) is 1.75. The molecule has 0 aliphatic heterocycles. The molecule has 1 heterocycles. The predicted molar refractivity (Wildman–Crippen MR) is 84.0 cm³/mol. The molecule has 2 rings (SSSR count). The van der Waals surface area contributed by atoms with Gasteiger partial charge in [-0.25, -0.2) is 9.07 Å². The van der Waals surface area contributed by atoms with Gasteiger partial charge in [-0.15, -0.1) is 5.10 Å². The van der Waals surface area contributed by atoms with Crippen molar-refractivity contribution in [1.29, 1.82) is 0 Å². The number of benzene rings is 1. The molecule has 0 aliphatic carbocycles. The van der Waals surface area contributed by atoms with Crippen LogP contribution in [0, 0.1) is 5.82 Å². The lowest BCUT2D eigenvalue weighted by Gasteiger charge is -2.08. The Morgan fingerprint density at radius 3 is 2.74 bits per heavy atom. The first kappa shape index (κ1) is 17.1. The van der Waals surface area contributed by atoms with Gasteiger partial charge in [-0.2, -0.15) is 0 Å². The van der Waals surface area contributed by atoms with Crippen molar-refractivity contribution in [2.24, 2.45) is 0 Å². The number of likely N-dealkylation sites (N-methyl/N-ethyl adjacent to an activating group) is 1. The van der Waals surface area contributed by atoms with E-state index < -0.39 is 11.7 Å². The summed E-state index contributed by atoms with van der Waals surface area (Å²) in [5.41, 5.74) is 0.701. The summed E-state index contributed by atoms with van der Waals surface area (Å²) < 4.78 is 15.1. The van der Waals surface area contributed by atoms with Gasteiger partial charge in [-0.3, -0.25) is 9.59 Å². The fraction of sp³-hybridized carbons (Fsp3) is 0.286. The molecular weight excluding hydrogens is 369 g/mol. The van der Waals surface area contributed by atoms with Gasteiger partial charge < -0.3 is 10.2 Å². The maximum Gasteiger partial charge on any atom is 0.273 e. The maximum absolute atomic E-state index is 13.3. The van der Waals surface area contributed by atoms with E-state index in [2.05, 4.69) is 31.6 Å². The largest absolute Gasteiger partial charge is 0.347 e. The minimum absolute atomic E-state index is 0.00409. The average molecular weight is 384 g/mol. The number of hydrogen-bond donors (Lipinski definition) is 1. The Morgan fingerprint density at radius 2 is 2.09 bits per heavy atom. The maximum atomic E-state index is 13.3. The Morgan fingerprint density at radius 1 is 1.35 bits per heavy atom. The Hall–Kier alpha value is -2.29. The molecule has 9 heteroatoms. The molecule has 1 aromatic heterocycles. The average Bonchev–Trinajstić information content (AvgIpc) is 2.92. The van der Waals surface area contributed by atoms with E-state index in [1.54, 1.807) is 20.2 Å². The third-order valence-corrected chi connectivity index (χ3v) is 3.40. The van der Waals surface area contributed by atoms with Crippen molar-refractivity contribution in [2.75, 3.05) is 14.1 Å². The third kappa shape index (κ3) is 4.85. The normalized spacial score (nSPS) is 10.4. The zero-order valence-electron chi connectivity index (χ0n) is 12.6. The number of aromatic nitrogens is 3.